The topological polar surface area (TPSA) is 61.4 Å². The zero-order chi connectivity index (χ0) is 12.3. The molecule has 1 fully saturated rings. The minimum atomic E-state index is -0.181. The first-order valence-corrected chi connectivity index (χ1v) is 6.01. The number of nitrogens with one attached hydrogen (secondary N) is 2. The first-order valence-electron chi connectivity index (χ1n) is 6.01. The lowest BCUT2D eigenvalue weighted by atomic mass is 9.82. The number of carbonyl (C=O) groups excluding carboxylic acids is 1. The summed E-state index contributed by atoms with van der Waals surface area (Å²) < 4.78 is 0. The van der Waals surface area contributed by atoms with Gasteiger partial charge in [0.25, 0.3) is 0 Å². The van der Waals surface area contributed by atoms with Crippen molar-refractivity contribution in [2.45, 2.75) is 58.2 Å². The van der Waals surface area contributed by atoms with Gasteiger partial charge in [-0.05, 0) is 53.0 Å². The van der Waals surface area contributed by atoms with E-state index in [0.717, 1.165) is 19.4 Å². The monoisotopic (exact) mass is 228 g/mol. The van der Waals surface area contributed by atoms with Crippen LogP contribution in [0.25, 0.3) is 0 Å². The van der Waals surface area contributed by atoms with E-state index in [9.17, 15) is 4.79 Å². The van der Waals surface area contributed by atoms with Gasteiger partial charge in [0.1, 0.15) is 0 Å². The highest BCUT2D eigenvalue weighted by Gasteiger charge is 2.28. The Morgan fingerprint density at radius 1 is 1.44 bits per heavy atom. The Morgan fingerprint density at radius 3 is 2.44 bits per heavy atom. The molecule has 4 nitrogen and oxygen atoms in total. The van der Waals surface area contributed by atoms with Crippen LogP contribution in [0.15, 0.2) is 0 Å². The lowest BCUT2D eigenvalue weighted by Crippen LogP contribution is -2.51. The number of aliphatic hydroxyl groups excluding tert-OH is 1. The zero-order valence-corrected chi connectivity index (χ0v) is 10.7. The minimum absolute atomic E-state index is 0.0346. The predicted octanol–water partition coefficient (Wildman–Crippen LogP) is 0.650. The average molecular weight is 228 g/mol. The summed E-state index contributed by atoms with van der Waals surface area (Å²) in [7, 11) is 0. The van der Waals surface area contributed by atoms with Crippen LogP contribution in [0.4, 0.5) is 0 Å². The molecule has 0 aromatic carbocycles. The third-order valence-corrected chi connectivity index (χ3v) is 2.82. The SMILES string of the molecule is CC(NCC1CC(O)C1)C(=O)NC(C)(C)C. The smallest absolute Gasteiger partial charge is 0.237 e. The lowest BCUT2D eigenvalue weighted by Gasteiger charge is -2.32. The summed E-state index contributed by atoms with van der Waals surface area (Å²) in [6.45, 7) is 8.60. The van der Waals surface area contributed by atoms with Crippen LogP contribution < -0.4 is 10.6 Å². The Hall–Kier alpha value is -0.610. The summed E-state index contributed by atoms with van der Waals surface area (Å²) in [5.41, 5.74) is -0.181. The van der Waals surface area contributed by atoms with Gasteiger partial charge < -0.3 is 15.7 Å². The van der Waals surface area contributed by atoms with Gasteiger partial charge in [-0.2, -0.15) is 0 Å². The largest absolute Gasteiger partial charge is 0.393 e. The summed E-state index contributed by atoms with van der Waals surface area (Å²) in [6, 6.07) is -0.169. The van der Waals surface area contributed by atoms with E-state index in [0.29, 0.717) is 5.92 Å². The van der Waals surface area contributed by atoms with Gasteiger partial charge in [-0.1, -0.05) is 0 Å². The van der Waals surface area contributed by atoms with Crippen molar-refractivity contribution >= 4 is 5.91 Å². The molecular formula is C12H24N2O2. The van der Waals surface area contributed by atoms with E-state index >= 15 is 0 Å². The molecule has 1 amide bonds. The van der Waals surface area contributed by atoms with E-state index in [1.807, 2.05) is 27.7 Å². The molecule has 0 aliphatic heterocycles. The molecule has 1 unspecified atom stereocenters. The predicted molar refractivity (Wildman–Crippen MR) is 64.1 cm³/mol. The molecule has 0 aromatic rings. The molecule has 1 rings (SSSR count). The highest BCUT2D eigenvalue weighted by Crippen LogP contribution is 2.26. The van der Waals surface area contributed by atoms with E-state index in [1.54, 1.807) is 0 Å². The molecule has 0 radical (unpaired) electrons. The van der Waals surface area contributed by atoms with Crippen molar-refractivity contribution in [1.82, 2.24) is 10.6 Å². The molecule has 0 aromatic heterocycles. The summed E-state index contributed by atoms with van der Waals surface area (Å²) >= 11 is 0. The molecule has 0 bridgehead atoms. The van der Waals surface area contributed by atoms with Crippen molar-refractivity contribution < 1.29 is 9.90 Å². The highest BCUT2D eigenvalue weighted by molar-refractivity contribution is 5.81. The molecule has 16 heavy (non-hydrogen) atoms. The maximum atomic E-state index is 11.7. The van der Waals surface area contributed by atoms with E-state index in [2.05, 4.69) is 10.6 Å². The second kappa shape index (κ2) is 5.15. The Kier molecular flexibility index (Phi) is 4.33. The third-order valence-electron chi connectivity index (χ3n) is 2.82. The Labute approximate surface area is 97.8 Å². The van der Waals surface area contributed by atoms with Crippen LogP contribution in [0.3, 0.4) is 0 Å². The van der Waals surface area contributed by atoms with E-state index in [4.69, 9.17) is 5.11 Å². The van der Waals surface area contributed by atoms with Crippen molar-refractivity contribution in [3.05, 3.63) is 0 Å². The second-order valence-corrected chi connectivity index (χ2v) is 5.86. The molecule has 1 saturated carbocycles. The molecule has 94 valence electrons. The summed E-state index contributed by atoms with van der Waals surface area (Å²) in [5, 5.41) is 15.3. The second-order valence-electron chi connectivity index (χ2n) is 5.86. The molecule has 1 atom stereocenters. The van der Waals surface area contributed by atoms with Gasteiger partial charge in [0.15, 0.2) is 0 Å². The fourth-order valence-electron chi connectivity index (χ4n) is 1.78. The minimum Gasteiger partial charge on any atom is -0.393 e. The van der Waals surface area contributed by atoms with Crippen LogP contribution in [-0.4, -0.2) is 35.2 Å². The number of hydrogen-bond donors (Lipinski definition) is 3. The summed E-state index contributed by atoms with van der Waals surface area (Å²) in [6.07, 6.45) is 1.60. The standard InChI is InChI=1S/C12H24N2O2/c1-8(11(16)14-12(2,3)4)13-7-9-5-10(15)6-9/h8-10,13,15H,5-7H2,1-4H3,(H,14,16). The Morgan fingerprint density at radius 2 is 2.00 bits per heavy atom. The van der Waals surface area contributed by atoms with Crippen molar-refractivity contribution in [1.29, 1.82) is 0 Å². The fraction of sp³-hybridized carbons (Fsp3) is 0.917. The third kappa shape index (κ3) is 4.49. The lowest BCUT2D eigenvalue weighted by molar-refractivity contribution is -0.124. The number of hydrogen-bond acceptors (Lipinski definition) is 3. The summed E-state index contributed by atoms with van der Waals surface area (Å²) in [4.78, 5) is 11.7. The van der Waals surface area contributed by atoms with Gasteiger partial charge in [0.05, 0.1) is 12.1 Å². The van der Waals surface area contributed by atoms with Crippen molar-refractivity contribution in [3.8, 4) is 0 Å². The summed E-state index contributed by atoms with van der Waals surface area (Å²) in [5.74, 6) is 0.562. The molecular weight excluding hydrogens is 204 g/mol. The molecule has 0 saturated heterocycles. The van der Waals surface area contributed by atoms with Crippen LogP contribution in [-0.2, 0) is 4.79 Å². The van der Waals surface area contributed by atoms with Crippen molar-refractivity contribution in [3.63, 3.8) is 0 Å². The molecule has 3 N–H and O–H groups in total. The van der Waals surface area contributed by atoms with Gasteiger partial charge in [0.2, 0.25) is 5.91 Å². The van der Waals surface area contributed by atoms with Crippen LogP contribution in [0.5, 0.6) is 0 Å². The average Bonchev–Trinajstić information content (AvgIpc) is 2.07. The maximum absolute atomic E-state index is 11.7. The Bertz CT molecular complexity index is 242. The highest BCUT2D eigenvalue weighted by atomic mass is 16.3. The van der Waals surface area contributed by atoms with Crippen LogP contribution in [0, 0.1) is 5.92 Å². The first kappa shape index (κ1) is 13.5. The van der Waals surface area contributed by atoms with Crippen LogP contribution in [0.1, 0.15) is 40.5 Å². The Balaban J connectivity index is 2.19. The maximum Gasteiger partial charge on any atom is 0.237 e. The number of aliphatic hydroxyl groups is 1. The van der Waals surface area contributed by atoms with E-state index in [1.165, 1.54) is 0 Å². The van der Waals surface area contributed by atoms with E-state index < -0.39 is 0 Å². The normalized spacial score (nSPS) is 27.1. The zero-order valence-electron chi connectivity index (χ0n) is 10.7. The molecule has 1 aliphatic carbocycles. The number of rotatable bonds is 4. The molecule has 0 heterocycles. The number of carbonyl (C=O) groups is 1. The van der Waals surface area contributed by atoms with Gasteiger partial charge in [0, 0.05) is 5.54 Å². The quantitative estimate of drug-likeness (QED) is 0.662. The van der Waals surface area contributed by atoms with E-state index in [-0.39, 0.29) is 23.6 Å². The van der Waals surface area contributed by atoms with Gasteiger partial charge >= 0.3 is 0 Å². The van der Waals surface area contributed by atoms with Crippen LogP contribution in [0.2, 0.25) is 0 Å². The van der Waals surface area contributed by atoms with Gasteiger partial charge in [-0.25, -0.2) is 0 Å². The first-order chi connectivity index (χ1) is 7.28. The van der Waals surface area contributed by atoms with Gasteiger partial charge in [-0.3, -0.25) is 4.79 Å². The van der Waals surface area contributed by atoms with Gasteiger partial charge in [-0.15, -0.1) is 0 Å². The molecule has 1 aliphatic rings. The fourth-order valence-corrected chi connectivity index (χ4v) is 1.78. The van der Waals surface area contributed by atoms with Crippen molar-refractivity contribution in [2.24, 2.45) is 5.92 Å². The van der Waals surface area contributed by atoms with Crippen LogP contribution >= 0.6 is 0 Å². The molecule has 0 spiro atoms. The number of amides is 1. The molecule has 4 heteroatoms. The van der Waals surface area contributed by atoms with Crippen molar-refractivity contribution in [2.75, 3.05) is 6.54 Å².